The van der Waals surface area contributed by atoms with E-state index in [1.54, 1.807) is 0 Å². The van der Waals surface area contributed by atoms with E-state index >= 15 is 0 Å². The molecule has 21 heavy (non-hydrogen) atoms. The average molecular weight is 293 g/mol. The lowest BCUT2D eigenvalue weighted by Crippen LogP contribution is -2.21. The monoisotopic (exact) mass is 293 g/mol. The van der Waals surface area contributed by atoms with Gasteiger partial charge in [-0.1, -0.05) is 24.1 Å². The van der Waals surface area contributed by atoms with E-state index in [1.807, 2.05) is 0 Å². The fourth-order valence-corrected chi connectivity index (χ4v) is 2.55. The summed E-state index contributed by atoms with van der Waals surface area (Å²) in [6.45, 7) is 0.956. The van der Waals surface area contributed by atoms with Gasteiger partial charge in [0.2, 0.25) is 5.89 Å². The number of halogens is 2. The standard InChI is InChI=1S/C15H17F2N3O/c16-11-6-5-10(8-12(11)17)9-14-19-15(20-21-14)13-4-2-1-3-7-18-13/h5-6,8,13,18H,1-4,7,9H2. The van der Waals surface area contributed by atoms with Gasteiger partial charge in [0.25, 0.3) is 0 Å². The van der Waals surface area contributed by atoms with E-state index in [2.05, 4.69) is 15.5 Å². The second-order valence-corrected chi connectivity index (χ2v) is 5.33. The Morgan fingerprint density at radius 2 is 2.10 bits per heavy atom. The highest BCUT2D eigenvalue weighted by atomic mass is 19.2. The van der Waals surface area contributed by atoms with Crippen LogP contribution in [0, 0.1) is 11.6 Å². The molecule has 0 saturated carbocycles. The zero-order valence-corrected chi connectivity index (χ0v) is 11.6. The summed E-state index contributed by atoms with van der Waals surface area (Å²) >= 11 is 0. The largest absolute Gasteiger partial charge is 0.339 e. The number of nitrogens with zero attached hydrogens (tertiary/aromatic N) is 2. The van der Waals surface area contributed by atoms with Crippen LogP contribution in [-0.2, 0) is 6.42 Å². The molecule has 0 spiro atoms. The zero-order chi connectivity index (χ0) is 14.7. The lowest BCUT2D eigenvalue weighted by Gasteiger charge is -2.09. The second kappa shape index (κ2) is 6.30. The van der Waals surface area contributed by atoms with E-state index in [0.717, 1.165) is 37.9 Å². The summed E-state index contributed by atoms with van der Waals surface area (Å²) in [5, 5.41) is 7.40. The normalized spacial score (nSPS) is 19.4. The van der Waals surface area contributed by atoms with Gasteiger partial charge in [0, 0.05) is 0 Å². The fraction of sp³-hybridized carbons (Fsp3) is 0.467. The Balaban J connectivity index is 1.70. The minimum atomic E-state index is -0.863. The average Bonchev–Trinajstić information content (AvgIpc) is 2.76. The van der Waals surface area contributed by atoms with Gasteiger partial charge in [0.15, 0.2) is 17.5 Å². The van der Waals surface area contributed by atoms with Crippen molar-refractivity contribution in [3.63, 3.8) is 0 Å². The van der Waals surface area contributed by atoms with Gasteiger partial charge in [-0.25, -0.2) is 8.78 Å². The minimum Gasteiger partial charge on any atom is -0.339 e. The predicted octanol–water partition coefficient (Wildman–Crippen LogP) is 3.14. The van der Waals surface area contributed by atoms with Crippen molar-refractivity contribution in [2.75, 3.05) is 6.54 Å². The molecule has 2 aromatic rings. The first-order chi connectivity index (χ1) is 10.2. The number of hydrogen-bond donors (Lipinski definition) is 1. The van der Waals surface area contributed by atoms with E-state index in [0.29, 0.717) is 23.7 Å². The first-order valence-electron chi connectivity index (χ1n) is 7.22. The smallest absolute Gasteiger partial charge is 0.231 e. The van der Waals surface area contributed by atoms with E-state index in [9.17, 15) is 8.78 Å². The molecule has 4 nitrogen and oxygen atoms in total. The van der Waals surface area contributed by atoms with Crippen LogP contribution < -0.4 is 5.32 Å². The summed E-state index contributed by atoms with van der Waals surface area (Å²) in [6.07, 6.45) is 4.81. The van der Waals surface area contributed by atoms with E-state index in [4.69, 9.17) is 4.52 Å². The molecule has 0 amide bonds. The molecule has 112 valence electrons. The van der Waals surface area contributed by atoms with Crippen molar-refractivity contribution in [2.24, 2.45) is 0 Å². The summed E-state index contributed by atoms with van der Waals surface area (Å²) in [4.78, 5) is 4.37. The lowest BCUT2D eigenvalue weighted by atomic mass is 10.1. The third-order valence-electron chi connectivity index (χ3n) is 3.70. The molecule has 1 saturated heterocycles. The SMILES string of the molecule is Fc1ccc(Cc2nc(C3CCCCCN3)no2)cc1F. The second-order valence-electron chi connectivity index (χ2n) is 5.33. The molecule has 1 aliphatic rings. The quantitative estimate of drug-likeness (QED) is 0.944. The highest BCUT2D eigenvalue weighted by Gasteiger charge is 2.19. The maximum absolute atomic E-state index is 13.2. The summed E-state index contributed by atoms with van der Waals surface area (Å²) in [5.41, 5.74) is 0.609. The third-order valence-corrected chi connectivity index (χ3v) is 3.70. The van der Waals surface area contributed by atoms with Gasteiger partial charge in [0.1, 0.15) is 0 Å². The molecule has 1 fully saturated rings. The number of nitrogens with one attached hydrogen (secondary N) is 1. The molecule has 0 bridgehead atoms. The molecule has 6 heteroatoms. The lowest BCUT2D eigenvalue weighted by molar-refractivity contribution is 0.369. The van der Waals surface area contributed by atoms with Gasteiger partial charge in [-0.3, -0.25) is 0 Å². The third kappa shape index (κ3) is 3.44. The minimum absolute atomic E-state index is 0.120. The molecule has 1 atom stereocenters. The van der Waals surface area contributed by atoms with Crippen molar-refractivity contribution in [1.29, 1.82) is 0 Å². The van der Waals surface area contributed by atoms with Crippen LogP contribution in [0.4, 0.5) is 8.78 Å². The zero-order valence-electron chi connectivity index (χ0n) is 11.6. The Morgan fingerprint density at radius 1 is 1.19 bits per heavy atom. The van der Waals surface area contributed by atoms with Crippen molar-refractivity contribution >= 4 is 0 Å². The van der Waals surface area contributed by atoms with Crippen LogP contribution in [0.3, 0.4) is 0 Å². The Kier molecular flexibility index (Phi) is 4.24. The molecule has 3 rings (SSSR count). The van der Waals surface area contributed by atoms with Crippen molar-refractivity contribution in [3.05, 3.63) is 47.1 Å². The van der Waals surface area contributed by atoms with E-state index in [1.165, 1.54) is 12.5 Å². The van der Waals surface area contributed by atoms with Crippen molar-refractivity contribution in [1.82, 2.24) is 15.5 Å². The molecule has 1 aromatic carbocycles. The van der Waals surface area contributed by atoms with E-state index in [-0.39, 0.29) is 6.04 Å². The van der Waals surface area contributed by atoms with Gasteiger partial charge >= 0.3 is 0 Å². The van der Waals surface area contributed by atoms with Crippen LogP contribution in [0.1, 0.15) is 49.0 Å². The number of aromatic nitrogens is 2. The predicted molar refractivity (Wildman–Crippen MR) is 72.7 cm³/mol. The Morgan fingerprint density at radius 3 is 2.95 bits per heavy atom. The van der Waals surface area contributed by atoms with Gasteiger partial charge in [-0.15, -0.1) is 0 Å². The number of hydrogen-bond acceptors (Lipinski definition) is 4. The summed E-state index contributed by atoms with van der Waals surface area (Å²) in [5.74, 6) is -0.651. The van der Waals surface area contributed by atoms with Crippen LogP contribution in [0.15, 0.2) is 22.7 Å². The molecular formula is C15H17F2N3O. The van der Waals surface area contributed by atoms with Crippen molar-refractivity contribution < 1.29 is 13.3 Å². The molecule has 0 aliphatic carbocycles. The Bertz CT molecular complexity index is 607. The van der Waals surface area contributed by atoms with Crippen molar-refractivity contribution in [3.8, 4) is 0 Å². The van der Waals surface area contributed by atoms with Crippen molar-refractivity contribution in [2.45, 2.75) is 38.1 Å². The first-order valence-corrected chi connectivity index (χ1v) is 7.22. The molecule has 1 unspecified atom stereocenters. The highest BCUT2D eigenvalue weighted by Crippen LogP contribution is 2.21. The van der Waals surface area contributed by atoms with Crippen LogP contribution >= 0.6 is 0 Å². The van der Waals surface area contributed by atoms with Gasteiger partial charge < -0.3 is 9.84 Å². The Hall–Kier alpha value is -1.82. The molecule has 1 aromatic heterocycles. The Labute approximate surface area is 121 Å². The summed E-state index contributed by atoms with van der Waals surface area (Å²) < 4.78 is 31.3. The van der Waals surface area contributed by atoms with E-state index < -0.39 is 11.6 Å². The molecule has 0 radical (unpaired) electrons. The first kappa shape index (κ1) is 14.1. The summed E-state index contributed by atoms with van der Waals surface area (Å²) in [6, 6.07) is 3.90. The number of rotatable bonds is 3. The molecular weight excluding hydrogens is 276 g/mol. The van der Waals surface area contributed by atoms with Crippen LogP contribution in [0.25, 0.3) is 0 Å². The van der Waals surface area contributed by atoms with Gasteiger partial charge in [-0.05, 0) is 37.1 Å². The molecule has 1 aliphatic heterocycles. The fourth-order valence-electron chi connectivity index (χ4n) is 2.55. The van der Waals surface area contributed by atoms with Crippen LogP contribution in [-0.4, -0.2) is 16.7 Å². The van der Waals surface area contributed by atoms with Crippen LogP contribution in [0.5, 0.6) is 0 Å². The summed E-state index contributed by atoms with van der Waals surface area (Å²) in [7, 11) is 0. The molecule has 2 heterocycles. The maximum Gasteiger partial charge on any atom is 0.231 e. The van der Waals surface area contributed by atoms with Gasteiger partial charge in [0.05, 0.1) is 12.5 Å². The number of benzene rings is 1. The maximum atomic E-state index is 13.2. The molecule has 1 N–H and O–H groups in total. The highest BCUT2D eigenvalue weighted by molar-refractivity contribution is 5.20. The van der Waals surface area contributed by atoms with Crippen LogP contribution in [0.2, 0.25) is 0 Å². The van der Waals surface area contributed by atoms with Gasteiger partial charge in [-0.2, -0.15) is 4.98 Å². The topological polar surface area (TPSA) is 51.0 Å².